The van der Waals surface area contributed by atoms with E-state index in [2.05, 4.69) is 58.3 Å². The molecule has 4 rings (SSSR count). The molecule has 218 valence electrons. The van der Waals surface area contributed by atoms with Gasteiger partial charge in [0.05, 0.1) is 12.8 Å². The number of benzene rings is 4. The average molecular weight is 565 g/mol. The fraction of sp³-hybridized carbons (Fsp3) is 0.278. The van der Waals surface area contributed by atoms with E-state index in [1.54, 1.807) is 0 Å². The van der Waals surface area contributed by atoms with Crippen molar-refractivity contribution in [2.75, 3.05) is 26.3 Å². The molecule has 42 heavy (non-hydrogen) atoms. The van der Waals surface area contributed by atoms with Gasteiger partial charge in [0.15, 0.2) is 0 Å². The van der Waals surface area contributed by atoms with Crippen molar-refractivity contribution in [2.45, 2.75) is 39.0 Å². The lowest BCUT2D eigenvalue weighted by Gasteiger charge is -2.22. The van der Waals surface area contributed by atoms with Crippen molar-refractivity contribution in [1.82, 2.24) is 9.80 Å². The van der Waals surface area contributed by atoms with Gasteiger partial charge in [-0.05, 0) is 22.3 Å². The van der Waals surface area contributed by atoms with Crippen molar-refractivity contribution in [3.8, 4) is 0 Å². The Balaban J connectivity index is 1.17. The summed E-state index contributed by atoms with van der Waals surface area (Å²) in [6.07, 6.45) is 0.531. The Kier molecular flexibility index (Phi) is 12.8. The molecule has 0 spiro atoms. The third-order valence-electron chi connectivity index (χ3n) is 6.87. The lowest BCUT2D eigenvalue weighted by Crippen LogP contribution is -2.27. The molecule has 6 heteroatoms. The van der Waals surface area contributed by atoms with Crippen LogP contribution in [-0.2, 0) is 45.2 Å². The highest BCUT2D eigenvalue weighted by Crippen LogP contribution is 2.12. The van der Waals surface area contributed by atoms with Gasteiger partial charge in [-0.1, -0.05) is 121 Å². The van der Waals surface area contributed by atoms with Crippen molar-refractivity contribution in [1.29, 1.82) is 0 Å². The molecule has 0 aromatic heterocycles. The summed E-state index contributed by atoms with van der Waals surface area (Å²) in [5.41, 5.74) is 4.78. The van der Waals surface area contributed by atoms with Crippen LogP contribution in [0.15, 0.2) is 121 Å². The van der Waals surface area contributed by atoms with E-state index in [1.165, 1.54) is 22.3 Å². The summed E-state index contributed by atoms with van der Waals surface area (Å²) in [4.78, 5) is 29.4. The van der Waals surface area contributed by atoms with Gasteiger partial charge in [0.25, 0.3) is 0 Å². The second kappa shape index (κ2) is 17.5. The van der Waals surface area contributed by atoms with Crippen LogP contribution in [0, 0.1) is 0 Å². The number of hydrogen-bond donors (Lipinski definition) is 0. The first-order chi connectivity index (χ1) is 20.6. The molecule has 0 aliphatic rings. The van der Waals surface area contributed by atoms with E-state index in [1.807, 2.05) is 72.8 Å². The Morgan fingerprint density at radius 2 is 0.690 bits per heavy atom. The topological polar surface area (TPSA) is 59.1 Å². The zero-order chi connectivity index (χ0) is 29.2. The fourth-order valence-corrected chi connectivity index (χ4v) is 4.75. The van der Waals surface area contributed by atoms with Crippen LogP contribution in [0.4, 0.5) is 0 Å². The van der Waals surface area contributed by atoms with Crippen LogP contribution in [-0.4, -0.2) is 48.0 Å². The molecule has 0 atom stereocenters. The zero-order valence-electron chi connectivity index (χ0n) is 24.1. The van der Waals surface area contributed by atoms with Crippen molar-refractivity contribution in [3.63, 3.8) is 0 Å². The number of nitrogens with zero attached hydrogens (tertiary/aromatic N) is 2. The molecular weight excluding hydrogens is 524 g/mol. The summed E-state index contributed by atoms with van der Waals surface area (Å²) in [5.74, 6) is -0.594. The first kappa shape index (κ1) is 30.7. The highest BCUT2D eigenvalue weighted by Gasteiger charge is 2.13. The van der Waals surface area contributed by atoms with Crippen LogP contribution in [0.1, 0.15) is 35.1 Å². The highest BCUT2D eigenvalue weighted by molar-refractivity contribution is 5.70. The monoisotopic (exact) mass is 564 g/mol. The minimum absolute atomic E-state index is 0.0552. The van der Waals surface area contributed by atoms with Gasteiger partial charge in [-0.15, -0.1) is 0 Å². The summed E-state index contributed by atoms with van der Waals surface area (Å²) >= 11 is 0. The highest BCUT2D eigenvalue weighted by atomic mass is 16.6. The Bertz CT molecular complexity index is 1130. The predicted octanol–water partition coefficient (Wildman–Crippen LogP) is 6.26. The average Bonchev–Trinajstić information content (AvgIpc) is 3.03. The molecule has 0 aliphatic heterocycles. The smallest absolute Gasteiger partial charge is 0.307 e. The standard InChI is InChI=1S/C36H40N2O4/c39-35(21-23-37(27-31-13-5-1-6-14-31)28-32-15-7-2-8-16-32)41-25-26-42-36(40)22-24-38(29-33-17-9-3-10-18-33)30-34-19-11-4-12-20-34/h1-20H,21-30H2. The lowest BCUT2D eigenvalue weighted by atomic mass is 10.1. The zero-order valence-corrected chi connectivity index (χ0v) is 24.1. The van der Waals surface area contributed by atoms with E-state index in [0.29, 0.717) is 13.1 Å². The minimum atomic E-state index is -0.297. The number of ether oxygens (including phenoxy) is 2. The molecule has 0 fully saturated rings. The molecule has 6 nitrogen and oxygen atoms in total. The second-order valence-electron chi connectivity index (χ2n) is 10.3. The summed E-state index contributed by atoms with van der Waals surface area (Å²) in [6, 6.07) is 40.9. The molecule has 0 radical (unpaired) electrons. The van der Waals surface area contributed by atoms with Crippen molar-refractivity contribution in [3.05, 3.63) is 144 Å². The maximum atomic E-state index is 12.5. The Hall–Kier alpha value is -4.26. The first-order valence-corrected chi connectivity index (χ1v) is 14.6. The quantitative estimate of drug-likeness (QED) is 0.112. The van der Waals surface area contributed by atoms with Crippen molar-refractivity contribution < 1.29 is 19.1 Å². The Morgan fingerprint density at radius 1 is 0.429 bits per heavy atom. The van der Waals surface area contributed by atoms with Gasteiger partial charge in [0, 0.05) is 39.3 Å². The maximum absolute atomic E-state index is 12.5. The van der Waals surface area contributed by atoms with Crippen LogP contribution in [0.25, 0.3) is 0 Å². The fourth-order valence-electron chi connectivity index (χ4n) is 4.75. The molecule has 0 saturated heterocycles. The van der Waals surface area contributed by atoms with Gasteiger partial charge in [-0.3, -0.25) is 19.4 Å². The first-order valence-electron chi connectivity index (χ1n) is 14.6. The molecule has 0 amide bonds. The molecule has 0 saturated carbocycles. The molecule has 0 unspecified atom stereocenters. The number of rotatable bonds is 17. The SMILES string of the molecule is O=C(CCN(Cc1ccccc1)Cc1ccccc1)OCCOC(=O)CCN(Cc1ccccc1)Cc1ccccc1. The van der Waals surface area contributed by atoms with E-state index in [9.17, 15) is 9.59 Å². The van der Waals surface area contributed by atoms with E-state index in [-0.39, 0.29) is 38.0 Å². The number of hydrogen-bond acceptors (Lipinski definition) is 6. The summed E-state index contributed by atoms with van der Waals surface area (Å²) < 4.78 is 10.7. The van der Waals surface area contributed by atoms with Gasteiger partial charge in [-0.2, -0.15) is 0 Å². The largest absolute Gasteiger partial charge is 0.462 e. The molecular formula is C36H40N2O4. The molecule has 0 aliphatic carbocycles. The van der Waals surface area contributed by atoms with E-state index in [0.717, 1.165) is 26.2 Å². The Morgan fingerprint density at radius 3 is 0.952 bits per heavy atom. The van der Waals surface area contributed by atoms with Crippen molar-refractivity contribution in [2.24, 2.45) is 0 Å². The number of carbonyl (C=O) groups is 2. The van der Waals surface area contributed by atoms with E-state index < -0.39 is 0 Å². The third kappa shape index (κ3) is 11.7. The molecule has 4 aromatic rings. The third-order valence-corrected chi connectivity index (χ3v) is 6.87. The lowest BCUT2D eigenvalue weighted by molar-refractivity contribution is -0.152. The van der Waals surface area contributed by atoms with Gasteiger partial charge < -0.3 is 9.47 Å². The van der Waals surface area contributed by atoms with Crippen LogP contribution >= 0.6 is 0 Å². The van der Waals surface area contributed by atoms with Crippen LogP contribution in [0.3, 0.4) is 0 Å². The van der Waals surface area contributed by atoms with Gasteiger partial charge >= 0.3 is 11.9 Å². The summed E-state index contributed by atoms with van der Waals surface area (Å²) in [5, 5.41) is 0. The minimum Gasteiger partial charge on any atom is -0.462 e. The molecule has 0 N–H and O–H groups in total. The van der Waals surface area contributed by atoms with Crippen LogP contribution in [0.5, 0.6) is 0 Å². The predicted molar refractivity (Wildman–Crippen MR) is 165 cm³/mol. The van der Waals surface area contributed by atoms with Gasteiger partial charge in [0.2, 0.25) is 0 Å². The normalized spacial score (nSPS) is 11.0. The number of carbonyl (C=O) groups excluding carboxylic acids is 2. The second-order valence-corrected chi connectivity index (χ2v) is 10.3. The molecule has 0 heterocycles. The van der Waals surface area contributed by atoms with Crippen LogP contribution < -0.4 is 0 Å². The van der Waals surface area contributed by atoms with Gasteiger partial charge in [-0.25, -0.2) is 0 Å². The maximum Gasteiger partial charge on any atom is 0.307 e. The Labute approximate surface area is 249 Å². The van der Waals surface area contributed by atoms with Gasteiger partial charge in [0.1, 0.15) is 13.2 Å². The molecule has 0 bridgehead atoms. The van der Waals surface area contributed by atoms with E-state index >= 15 is 0 Å². The van der Waals surface area contributed by atoms with E-state index in [4.69, 9.17) is 9.47 Å². The summed E-state index contributed by atoms with van der Waals surface area (Å²) in [7, 11) is 0. The van der Waals surface area contributed by atoms with Crippen LogP contribution in [0.2, 0.25) is 0 Å². The molecule has 4 aromatic carbocycles. The number of esters is 2. The van der Waals surface area contributed by atoms with Crippen molar-refractivity contribution >= 4 is 11.9 Å². The summed E-state index contributed by atoms with van der Waals surface area (Å²) in [6.45, 7) is 4.22.